The van der Waals surface area contributed by atoms with Crippen molar-refractivity contribution in [1.82, 2.24) is 0 Å². The smallest absolute Gasteiger partial charge is 0.00146 e. The second kappa shape index (κ2) is 10.6. The van der Waals surface area contributed by atoms with Gasteiger partial charge in [-0.25, -0.2) is 0 Å². The van der Waals surface area contributed by atoms with E-state index < -0.39 is 0 Å². The monoisotopic (exact) mass is 482 g/mol. The van der Waals surface area contributed by atoms with Gasteiger partial charge in [-0.15, -0.1) is 0 Å². The average Bonchev–Trinajstić information content (AvgIpc) is 2.85. The van der Waals surface area contributed by atoms with Gasteiger partial charge in [-0.3, -0.25) is 0 Å². The third kappa shape index (κ3) is 4.46. The Morgan fingerprint density at radius 2 is 0.444 bits per heavy atom. The quantitative estimate of drug-likeness (QED) is 0.328. The lowest BCUT2D eigenvalue weighted by molar-refractivity contribution is 0.959. The molecule has 0 heterocycles. The predicted octanol–water partition coefficient (Wildman–Crippen LogP) is 9.69. The molecule has 0 aliphatic heterocycles. The van der Waals surface area contributed by atoms with E-state index in [9.17, 15) is 0 Å². The van der Waals surface area contributed by atoms with E-state index in [1.807, 2.05) is 0 Å². The van der Waals surface area contributed by atoms with E-state index in [1.165, 1.54) is 89.0 Å². The largest absolute Gasteiger partial charge is 0.0613 e. The Kier molecular flexibility index (Phi) is 8.29. The number of hydrogen-bond acceptors (Lipinski definition) is 0. The zero-order valence-corrected chi connectivity index (χ0v) is 25.8. The number of hydrogen-bond donors (Lipinski definition) is 0. The van der Waals surface area contributed by atoms with Gasteiger partial charge in [0.05, 0.1) is 0 Å². The third-order valence-corrected chi connectivity index (χ3v) is 10.2. The Bertz CT molecular complexity index is 1180. The van der Waals surface area contributed by atoms with Crippen LogP contribution in [0.15, 0.2) is 0 Å². The number of benzene rings is 3. The molecule has 0 fully saturated rings. The molecule has 0 bridgehead atoms. The molecule has 3 aromatic carbocycles. The van der Waals surface area contributed by atoms with E-state index in [-0.39, 0.29) is 0 Å². The third-order valence-electron chi connectivity index (χ3n) is 10.2. The minimum Gasteiger partial charge on any atom is -0.0613 e. The van der Waals surface area contributed by atoms with Crippen molar-refractivity contribution in [2.45, 2.75) is 123 Å². The highest BCUT2D eigenvalue weighted by atomic mass is 14.3. The van der Waals surface area contributed by atoms with Gasteiger partial charge in [-0.2, -0.15) is 0 Å². The maximum atomic E-state index is 2.36. The normalized spacial score (nSPS) is 11.5. The molecule has 0 atom stereocenters. The summed E-state index contributed by atoms with van der Waals surface area (Å²) in [7, 11) is 0. The Labute approximate surface area is 222 Å². The highest BCUT2D eigenvalue weighted by Gasteiger charge is 2.22. The van der Waals surface area contributed by atoms with E-state index in [2.05, 4.69) is 96.9 Å². The molecule has 3 rings (SSSR count). The molecule has 0 amide bonds. The zero-order chi connectivity index (χ0) is 27.2. The van der Waals surface area contributed by atoms with Crippen LogP contribution in [0.1, 0.15) is 114 Å². The Morgan fingerprint density at radius 3 is 0.667 bits per heavy atom. The van der Waals surface area contributed by atoms with E-state index >= 15 is 0 Å². The molecular formula is C36H50. The van der Waals surface area contributed by atoms with E-state index in [0.717, 1.165) is 25.7 Å². The summed E-state index contributed by atoms with van der Waals surface area (Å²) in [5.74, 6) is 0. The van der Waals surface area contributed by atoms with Crippen LogP contribution in [-0.4, -0.2) is 0 Å². The minimum absolute atomic E-state index is 1.02. The van der Waals surface area contributed by atoms with Gasteiger partial charge in [-0.1, -0.05) is 13.8 Å². The first-order valence-corrected chi connectivity index (χ1v) is 14.0. The van der Waals surface area contributed by atoms with Crippen molar-refractivity contribution in [2.24, 2.45) is 0 Å². The fourth-order valence-electron chi connectivity index (χ4n) is 6.83. The summed E-state index contributed by atoms with van der Waals surface area (Å²) in [6.07, 6.45) is 4.26. The first-order chi connectivity index (χ1) is 16.8. The molecular weight excluding hydrogens is 432 g/mol. The lowest BCUT2D eigenvalue weighted by Crippen LogP contribution is -2.12. The van der Waals surface area contributed by atoms with Crippen LogP contribution in [0.25, 0.3) is 0 Å². The number of rotatable bonds is 6. The molecule has 0 aromatic heterocycles. The fraction of sp³-hybridized carbons (Fsp3) is 0.500. The van der Waals surface area contributed by atoms with Gasteiger partial charge in [0.25, 0.3) is 0 Å². The van der Waals surface area contributed by atoms with Crippen molar-refractivity contribution in [3.05, 3.63) is 100 Å². The van der Waals surface area contributed by atoms with Crippen LogP contribution in [0.4, 0.5) is 0 Å². The lowest BCUT2D eigenvalue weighted by Gasteiger charge is -2.26. The molecule has 0 heteroatoms. The van der Waals surface area contributed by atoms with Crippen LogP contribution < -0.4 is 0 Å². The molecule has 0 aliphatic rings. The molecule has 0 N–H and O–H groups in total. The van der Waals surface area contributed by atoms with Gasteiger partial charge in [0.1, 0.15) is 0 Å². The van der Waals surface area contributed by atoms with E-state index in [1.54, 1.807) is 11.1 Å². The molecule has 0 nitrogen and oxygen atoms in total. The zero-order valence-electron chi connectivity index (χ0n) is 25.8. The Balaban J connectivity index is 2.31. The van der Waals surface area contributed by atoms with Crippen LogP contribution in [0.2, 0.25) is 0 Å². The van der Waals surface area contributed by atoms with Crippen molar-refractivity contribution in [3.8, 4) is 0 Å². The van der Waals surface area contributed by atoms with Crippen molar-refractivity contribution in [2.75, 3.05) is 0 Å². The van der Waals surface area contributed by atoms with Crippen molar-refractivity contribution < 1.29 is 0 Å². The van der Waals surface area contributed by atoms with Gasteiger partial charge in [-0.05, 0) is 209 Å². The summed E-state index contributed by atoms with van der Waals surface area (Å²) in [5, 5.41) is 0. The predicted molar refractivity (Wildman–Crippen MR) is 161 cm³/mol. The van der Waals surface area contributed by atoms with Crippen LogP contribution in [0, 0.1) is 83.1 Å². The lowest BCUT2D eigenvalue weighted by atomic mass is 9.78. The second-order valence-electron chi connectivity index (χ2n) is 11.4. The van der Waals surface area contributed by atoms with Crippen molar-refractivity contribution in [1.29, 1.82) is 0 Å². The maximum Gasteiger partial charge on any atom is -0.00146 e. The first kappa shape index (κ1) is 28.2. The molecule has 0 aliphatic carbocycles. The summed E-state index contributed by atoms with van der Waals surface area (Å²) >= 11 is 0. The van der Waals surface area contributed by atoms with Crippen LogP contribution in [0.5, 0.6) is 0 Å². The summed E-state index contributed by atoms with van der Waals surface area (Å²) in [6.45, 7) is 32.7. The molecule has 36 heavy (non-hydrogen) atoms. The standard InChI is InChI=1S/C36H50/c1-15-31-23(7)27(11)33(28(12)24(31)8)17-35-21(5)19(3)20(4)22(6)36(35)18-34-29(13)25(9)32(16-2)26(10)30(34)14/h15-18H2,1-14H3. The summed E-state index contributed by atoms with van der Waals surface area (Å²) in [6, 6.07) is 0. The van der Waals surface area contributed by atoms with Gasteiger partial charge in [0, 0.05) is 0 Å². The van der Waals surface area contributed by atoms with Crippen LogP contribution in [-0.2, 0) is 25.7 Å². The highest BCUT2D eigenvalue weighted by Crippen LogP contribution is 2.36. The van der Waals surface area contributed by atoms with Crippen LogP contribution >= 0.6 is 0 Å². The molecule has 0 saturated carbocycles. The van der Waals surface area contributed by atoms with Crippen molar-refractivity contribution >= 4 is 0 Å². The second-order valence-corrected chi connectivity index (χ2v) is 11.4. The Hall–Kier alpha value is -2.34. The van der Waals surface area contributed by atoms with Gasteiger partial charge >= 0.3 is 0 Å². The van der Waals surface area contributed by atoms with E-state index in [0.29, 0.717) is 0 Å². The van der Waals surface area contributed by atoms with Crippen LogP contribution in [0.3, 0.4) is 0 Å². The molecule has 0 radical (unpaired) electrons. The molecule has 3 aromatic rings. The summed E-state index contributed by atoms with van der Waals surface area (Å²) < 4.78 is 0. The maximum absolute atomic E-state index is 2.36. The summed E-state index contributed by atoms with van der Waals surface area (Å²) in [4.78, 5) is 0. The average molecular weight is 483 g/mol. The first-order valence-electron chi connectivity index (χ1n) is 14.0. The van der Waals surface area contributed by atoms with E-state index in [4.69, 9.17) is 0 Å². The highest BCUT2D eigenvalue weighted by molar-refractivity contribution is 5.59. The van der Waals surface area contributed by atoms with Crippen molar-refractivity contribution in [3.63, 3.8) is 0 Å². The van der Waals surface area contributed by atoms with Gasteiger partial charge in [0.2, 0.25) is 0 Å². The molecule has 0 unspecified atom stereocenters. The molecule has 194 valence electrons. The SMILES string of the molecule is CCc1c(C)c(C)c(Cc2c(C)c(C)c(C)c(C)c2Cc2c(C)c(C)c(CC)c(C)c2C)c(C)c1C. The topological polar surface area (TPSA) is 0 Å². The fourth-order valence-corrected chi connectivity index (χ4v) is 6.83. The summed E-state index contributed by atoms with van der Waals surface area (Å²) in [5.41, 5.74) is 27.1. The van der Waals surface area contributed by atoms with Gasteiger partial charge in [0.15, 0.2) is 0 Å². The Morgan fingerprint density at radius 1 is 0.250 bits per heavy atom. The molecule has 0 spiro atoms. The molecule has 0 saturated heterocycles. The minimum atomic E-state index is 1.02. The van der Waals surface area contributed by atoms with Gasteiger partial charge < -0.3 is 0 Å².